The van der Waals surface area contributed by atoms with Gasteiger partial charge in [0.25, 0.3) is 0 Å². The minimum atomic E-state index is 0.663. The number of anilines is 3. The molecule has 0 spiro atoms. The van der Waals surface area contributed by atoms with E-state index in [1.807, 2.05) is 17.4 Å². The largest absolute Gasteiger partial charge is 0.311 e. The maximum Gasteiger partial charge on any atom is 0.187 e. The van der Waals surface area contributed by atoms with Crippen molar-refractivity contribution in [2.75, 3.05) is 4.90 Å². The summed E-state index contributed by atoms with van der Waals surface area (Å²) in [6.45, 7) is 7.75. The molecule has 2 nitrogen and oxygen atoms in total. The van der Waals surface area contributed by atoms with Gasteiger partial charge in [0.2, 0.25) is 0 Å². The van der Waals surface area contributed by atoms with Crippen molar-refractivity contribution in [2.24, 2.45) is 0 Å². The number of para-hydroxylation sites is 2. The Kier molecular flexibility index (Phi) is 6.09. The van der Waals surface area contributed by atoms with E-state index in [0.29, 0.717) is 5.69 Å². The third kappa shape index (κ3) is 4.16. The molecule has 9 aromatic rings. The third-order valence-electron chi connectivity index (χ3n) is 9.02. The van der Waals surface area contributed by atoms with Gasteiger partial charge in [0.15, 0.2) is 5.69 Å². The fourth-order valence-corrected chi connectivity index (χ4v) is 8.28. The molecule has 0 aliphatic carbocycles. The summed E-state index contributed by atoms with van der Waals surface area (Å²) in [7, 11) is 0. The van der Waals surface area contributed by atoms with Gasteiger partial charge in [-0.05, 0) is 86.6 Å². The summed E-state index contributed by atoms with van der Waals surface area (Å²) < 4.78 is 2.58. The molecule has 8 aromatic carbocycles. The summed E-state index contributed by atoms with van der Waals surface area (Å²) in [5.74, 6) is 0. The molecule has 0 bridgehead atoms. The molecule has 46 heavy (non-hydrogen) atoms. The van der Waals surface area contributed by atoms with E-state index >= 15 is 0 Å². The molecule has 0 unspecified atom stereocenters. The van der Waals surface area contributed by atoms with Crippen molar-refractivity contribution < 1.29 is 0 Å². The van der Waals surface area contributed by atoms with E-state index in [9.17, 15) is 0 Å². The van der Waals surface area contributed by atoms with Gasteiger partial charge in [0.05, 0.1) is 6.57 Å². The van der Waals surface area contributed by atoms with Crippen LogP contribution in [0.4, 0.5) is 22.7 Å². The average molecular weight is 603 g/mol. The van der Waals surface area contributed by atoms with Gasteiger partial charge in [-0.2, -0.15) is 0 Å². The number of hydrogen-bond acceptors (Lipinski definition) is 2. The molecule has 0 saturated heterocycles. The van der Waals surface area contributed by atoms with Crippen molar-refractivity contribution in [3.8, 4) is 11.1 Å². The fraction of sp³-hybridized carbons (Fsp3) is 0. The average Bonchev–Trinajstić information content (AvgIpc) is 3.52. The number of fused-ring (bicyclic) bond motifs is 9. The highest BCUT2D eigenvalue weighted by Crippen LogP contribution is 2.47. The van der Waals surface area contributed by atoms with Gasteiger partial charge >= 0.3 is 0 Å². The Hall–Kier alpha value is -5.95. The van der Waals surface area contributed by atoms with Crippen LogP contribution in [0.2, 0.25) is 0 Å². The van der Waals surface area contributed by atoms with E-state index in [1.54, 1.807) is 0 Å². The highest BCUT2D eigenvalue weighted by molar-refractivity contribution is 7.27. The quantitative estimate of drug-likeness (QED) is 0.144. The van der Waals surface area contributed by atoms with Gasteiger partial charge in [-0.3, -0.25) is 0 Å². The lowest BCUT2D eigenvalue weighted by molar-refractivity contribution is 1.28. The SMILES string of the molecule is [C-]#[N+]c1ccc2cc(-c3ccc(N(c4ccccc4)c4ccccc4)cc3)c3ccc4c5ccc6ccccc6c5sc4c3c2c1. The van der Waals surface area contributed by atoms with Gasteiger partial charge in [-0.1, -0.05) is 109 Å². The van der Waals surface area contributed by atoms with E-state index in [2.05, 4.69) is 161 Å². The summed E-state index contributed by atoms with van der Waals surface area (Å²) in [6.07, 6.45) is 0. The second-order valence-corrected chi connectivity index (χ2v) is 12.6. The van der Waals surface area contributed by atoms with E-state index in [1.165, 1.54) is 47.3 Å². The molecule has 0 aliphatic rings. The van der Waals surface area contributed by atoms with Crippen LogP contribution < -0.4 is 4.90 Å². The zero-order chi connectivity index (χ0) is 30.6. The standard InChI is InChI=1S/C43H26N2S/c1-44-31-20-16-30-26-39(29-17-21-34(22-18-29)45(32-11-4-2-5-12-32)33-13-6-3-7-14-33)36-24-25-38-37-23-19-28-10-8-9-15-35(28)42(37)46-43(38)41(36)40(30)27-31/h2-27H. The predicted octanol–water partition coefficient (Wildman–Crippen LogP) is 13.2. The Balaban J connectivity index is 1.28. The molecule has 9 rings (SSSR count). The van der Waals surface area contributed by atoms with Gasteiger partial charge < -0.3 is 4.90 Å². The topological polar surface area (TPSA) is 7.60 Å². The Bertz CT molecular complexity index is 2590. The lowest BCUT2D eigenvalue weighted by Gasteiger charge is -2.25. The van der Waals surface area contributed by atoms with Gasteiger partial charge in [0, 0.05) is 42.6 Å². The van der Waals surface area contributed by atoms with Crippen molar-refractivity contribution in [3.63, 3.8) is 0 Å². The number of benzene rings is 8. The number of rotatable bonds is 4. The zero-order valence-electron chi connectivity index (χ0n) is 24.8. The molecule has 0 N–H and O–H groups in total. The maximum absolute atomic E-state index is 7.75. The van der Waals surface area contributed by atoms with Crippen molar-refractivity contribution >= 4 is 86.6 Å². The number of nitrogens with zero attached hydrogens (tertiary/aromatic N) is 2. The number of hydrogen-bond donors (Lipinski definition) is 0. The Morgan fingerprint density at radius 1 is 0.457 bits per heavy atom. The van der Waals surface area contributed by atoms with Crippen LogP contribution in [-0.4, -0.2) is 0 Å². The van der Waals surface area contributed by atoms with Crippen LogP contribution >= 0.6 is 11.3 Å². The lowest BCUT2D eigenvalue weighted by atomic mass is 9.91. The first-order chi connectivity index (χ1) is 22.8. The fourth-order valence-electron chi connectivity index (χ4n) is 6.88. The van der Waals surface area contributed by atoms with Crippen LogP contribution in [0.1, 0.15) is 0 Å². The first-order valence-corrected chi connectivity index (χ1v) is 16.2. The minimum Gasteiger partial charge on any atom is -0.311 e. The third-order valence-corrected chi connectivity index (χ3v) is 10.3. The highest BCUT2D eigenvalue weighted by atomic mass is 32.1. The van der Waals surface area contributed by atoms with Gasteiger partial charge in [0.1, 0.15) is 0 Å². The number of thiophene rings is 1. The van der Waals surface area contributed by atoms with E-state index < -0.39 is 0 Å². The van der Waals surface area contributed by atoms with E-state index in [0.717, 1.165) is 33.4 Å². The highest BCUT2D eigenvalue weighted by Gasteiger charge is 2.17. The van der Waals surface area contributed by atoms with Crippen LogP contribution in [0, 0.1) is 6.57 Å². The van der Waals surface area contributed by atoms with Crippen molar-refractivity contribution in [3.05, 3.63) is 169 Å². The van der Waals surface area contributed by atoms with Crippen LogP contribution in [0.5, 0.6) is 0 Å². The molecular formula is C43H26N2S. The summed E-state index contributed by atoms with van der Waals surface area (Å²) in [4.78, 5) is 6.09. The second-order valence-electron chi connectivity index (χ2n) is 11.6. The molecule has 0 radical (unpaired) electrons. The predicted molar refractivity (Wildman–Crippen MR) is 198 cm³/mol. The zero-order valence-corrected chi connectivity index (χ0v) is 25.6. The smallest absolute Gasteiger partial charge is 0.187 e. The molecule has 0 fully saturated rings. The van der Waals surface area contributed by atoms with Crippen LogP contribution in [0.25, 0.3) is 68.5 Å². The Labute approximate surface area is 270 Å². The van der Waals surface area contributed by atoms with Crippen LogP contribution in [0.15, 0.2) is 158 Å². The summed E-state index contributed by atoms with van der Waals surface area (Å²) >= 11 is 1.87. The summed E-state index contributed by atoms with van der Waals surface area (Å²) in [6, 6.07) is 56.1. The van der Waals surface area contributed by atoms with Crippen LogP contribution in [0.3, 0.4) is 0 Å². The summed E-state index contributed by atoms with van der Waals surface area (Å²) in [5, 5.41) is 9.79. The first kappa shape index (κ1) is 26.5. The van der Waals surface area contributed by atoms with Crippen LogP contribution in [-0.2, 0) is 0 Å². The molecule has 0 amide bonds. The van der Waals surface area contributed by atoms with Crippen molar-refractivity contribution in [1.29, 1.82) is 0 Å². The molecular weight excluding hydrogens is 577 g/mol. The van der Waals surface area contributed by atoms with Crippen molar-refractivity contribution in [1.82, 2.24) is 0 Å². The molecule has 1 heterocycles. The molecule has 0 atom stereocenters. The van der Waals surface area contributed by atoms with E-state index in [4.69, 9.17) is 6.57 Å². The maximum atomic E-state index is 7.75. The minimum absolute atomic E-state index is 0.663. The summed E-state index contributed by atoms with van der Waals surface area (Å²) in [5.41, 5.74) is 6.36. The molecule has 0 saturated carbocycles. The first-order valence-electron chi connectivity index (χ1n) is 15.4. The monoisotopic (exact) mass is 602 g/mol. The van der Waals surface area contributed by atoms with Crippen molar-refractivity contribution in [2.45, 2.75) is 0 Å². The molecule has 1 aromatic heterocycles. The molecule has 0 aliphatic heterocycles. The Morgan fingerprint density at radius 2 is 1.07 bits per heavy atom. The van der Waals surface area contributed by atoms with E-state index in [-0.39, 0.29) is 0 Å². The van der Waals surface area contributed by atoms with Gasteiger partial charge in [-0.15, -0.1) is 11.3 Å². The van der Waals surface area contributed by atoms with Gasteiger partial charge in [-0.25, -0.2) is 4.85 Å². The Morgan fingerprint density at radius 3 is 1.80 bits per heavy atom. The normalized spacial score (nSPS) is 11.5. The second kappa shape index (κ2) is 10.6. The molecule has 3 heteroatoms. The molecule has 214 valence electrons. The lowest BCUT2D eigenvalue weighted by Crippen LogP contribution is -2.09.